The van der Waals surface area contributed by atoms with Gasteiger partial charge >= 0.3 is 5.97 Å². The number of rotatable bonds is 7. The average molecular weight is 406 g/mol. The Morgan fingerprint density at radius 1 is 1.29 bits per heavy atom. The van der Waals surface area contributed by atoms with Crippen LogP contribution in [0.4, 0.5) is 4.39 Å². The summed E-state index contributed by atoms with van der Waals surface area (Å²) in [5, 5.41) is 4.26. The summed E-state index contributed by atoms with van der Waals surface area (Å²) in [6.07, 6.45) is 3.39. The lowest BCUT2D eigenvalue weighted by molar-refractivity contribution is -0.133. The van der Waals surface area contributed by atoms with Gasteiger partial charge < -0.3 is 14.1 Å². The van der Waals surface area contributed by atoms with Crippen LogP contribution in [0.5, 0.6) is 0 Å². The molecule has 0 fully saturated rings. The first-order valence-corrected chi connectivity index (χ1v) is 8.72. The second kappa shape index (κ2) is 8.71. The molecule has 2 heterocycles. The minimum atomic E-state index is -0.766. The number of nitrogens with zero attached hydrogens (tertiary/aromatic N) is 3. The molecule has 0 unspecified atom stereocenters. The van der Waals surface area contributed by atoms with E-state index in [0.29, 0.717) is 12.3 Å². The molecule has 0 atom stereocenters. The molecule has 3 aromatic rings. The molecule has 1 amide bonds. The molecule has 1 aromatic carbocycles. The average Bonchev–Trinajstić information content (AvgIpc) is 3.35. The Hall–Kier alpha value is -3.13. The molecule has 0 saturated carbocycles. The number of ether oxygens (including phenoxy) is 1. The molecule has 28 heavy (non-hydrogen) atoms. The van der Waals surface area contributed by atoms with Gasteiger partial charge in [-0.1, -0.05) is 17.7 Å². The van der Waals surface area contributed by atoms with Crippen molar-refractivity contribution in [2.45, 2.75) is 13.1 Å². The topological polar surface area (TPSA) is 77.6 Å². The van der Waals surface area contributed by atoms with E-state index in [1.807, 2.05) is 0 Å². The van der Waals surface area contributed by atoms with E-state index in [1.54, 1.807) is 29.2 Å². The van der Waals surface area contributed by atoms with Crippen molar-refractivity contribution in [1.82, 2.24) is 14.7 Å². The number of carbonyl (C=O) groups excluding carboxylic acids is 2. The molecular weight excluding hydrogens is 389 g/mol. The van der Waals surface area contributed by atoms with Gasteiger partial charge in [-0.3, -0.25) is 9.48 Å². The van der Waals surface area contributed by atoms with Crippen LogP contribution in [0.15, 0.2) is 53.2 Å². The molecule has 3 rings (SSSR count). The minimum Gasteiger partial charge on any atom is -0.452 e. The van der Waals surface area contributed by atoms with Crippen molar-refractivity contribution in [1.29, 1.82) is 0 Å². The molecule has 0 aliphatic rings. The number of esters is 1. The maximum Gasteiger partial charge on any atom is 0.374 e. The van der Waals surface area contributed by atoms with Crippen LogP contribution in [0.25, 0.3) is 0 Å². The lowest BCUT2D eigenvalue weighted by Crippen LogP contribution is -2.31. The summed E-state index contributed by atoms with van der Waals surface area (Å²) < 4.78 is 25.9. The number of benzene rings is 1. The van der Waals surface area contributed by atoms with Gasteiger partial charge in [0.15, 0.2) is 6.61 Å². The number of halogens is 2. The van der Waals surface area contributed by atoms with Crippen molar-refractivity contribution in [3.05, 3.63) is 76.7 Å². The summed E-state index contributed by atoms with van der Waals surface area (Å²) in [6.45, 7) is -0.182. The molecule has 0 saturated heterocycles. The number of carbonyl (C=O) groups is 2. The van der Waals surface area contributed by atoms with E-state index >= 15 is 0 Å². The number of hydrogen-bond donors (Lipinski definition) is 0. The van der Waals surface area contributed by atoms with E-state index in [0.717, 1.165) is 0 Å². The predicted octanol–water partition coefficient (Wildman–Crippen LogP) is 3.13. The molecule has 7 nitrogen and oxygen atoms in total. The van der Waals surface area contributed by atoms with Gasteiger partial charge in [0.1, 0.15) is 11.6 Å². The number of hydrogen-bond acceptors (Lipinski definition) is 5. The first-order chi connectivity index (χ1) is 13.4. The minimum absolute atomic E-state index is 0.0187. The van der Waals surface area contributed by atoms with Crippen molar-refractivity contribution in [2.75, 3.05) is 13.7 Å². The number of furan rings is 1. The summed E-state index contributed by atoms with van der Waals surface area (Å²) in [5.41, 5.74) is 0.195. The molecule has 0 N–H and O–H groups in total. The third-order valence-electron chi connectivity index (χ3n) is 3.95. The molecule has 146 valence electrons. The number of likely N-dealkylation sites (N-methyl/N-ethyl adjacent to an activating group) is 1. The molecule has 0 bridgehead atoms. The Labute approximate surface area is 165 Å². The lowest BCUT2D eigenvalue weighted by atomic mass is 10.2. The Morgan fingerprint density at radius 3 is 2.82 bits per heavy atom. The summed E-state index contributed by atoms with van der Waals surface area (Å²) in [4.78, 5) is 25.5. The first kappa shape index (κ1) is 19.6. The van der Waals surface area contributed by atoms with E-state index in [9.17, 15) is 14.0 Å². The van der Waals surface area contributed by atoms with E-state index in [-0.39, 0.29) is 22.9 Å². The fraction of sp³-hybridized carbons (Fsp3) is 0.211. The molecule has 9 heteroatoms. The van der Waals surface area contributed by atoms with Crippen LogP contribution in [0.1, 0.15) is 21.9 Å². The molecule has 0 aliphatic carbocycles. The number of aromatic nitrogens is 2. The maximum absolute atomic E-state index is 13.8. The highest BCUT2D eigenvalue weighted by Gasteiger charge is 2.18. The standard InChI is InChI=1S/C19H17ClFN3O4/c1-23(11-14-15(20)4-2-5-16(14)21)18(25)12-27-19(26)17-7-6-13(28-17)10-24-9-3-8-22-24/h2-9H,10-12H2,1H3. The SMILES string of the molecule is CN(Cc1c(F)cccc1Cl)C(=O)COC(=O)c1ccc(Cn2cccn2)o1. The summed E-state index contributed by atoms with van der Waals surface area (Å²) >= 11 is 5.96. The zero-order valence-electron chi connectivity index (χ0n) is 15.0. The largest absolute Gasteiger partial charge is 0.452 e. The number of amides is 1. The molecule has 0 aliphatic heterocycles. The van der Waals surface area contributed by atoms with Crippen molar-refractivity contribution in [3.8, 4) is 0 Å². The second-order valence-corrected chi connectivity index (χ2v) is 6.40. The predicted molar refractivity (Wildman–Crippen MR) is 98.2 cm³/mol. The van der Waals surface area contributed by atoms with Crippen LogP contribution in [-0.2, 0) is 22.6 Å². The van der Waals surface area contributed by atoms with Crippen LogP contribution in [-0.4, -0.2) is 40.2 Å². The van der Waals surface area contributed by atoms with Gasteiger partial charge in [-0.15, -0.1) is 0 Å². The van der Waals surface area contributed by atoms with E-state index in [2.05, 4.69) is 5.10 Å². The third kappa shape index (κ3) is 4.77. The van der Waals surface area contributed by atoms with Crippen molar-refractivity contribution >= 4 is 23.5 Å². The fourth-order valence-corrected chi connectivity index (χ4v) is 2.67. The Balaban J connectivity index is 1.52. The third-order valence-corrected chi connectivity index (χ3v) is 4.30. The van der Waals surface area contributed by atoms with Gasteiger partial charge in [0.25, 0.3) is 5.91 Å². The molecule has 2 aromatic heterocycles. The summed E-state index contributed by atoms with van der Waals surface area (Å²) in [7, 11) is 1.47. The van der Waals surface area contributed by atoms with E-state index in [1.165, 1.54) is 36.2 Å². The lowest BCUT2D eigenvalue weighted by Gasteiger charge is -2.18. The zero-order chi connectivity index (χ0) is 20.1. The first-order valence-electron chi connectivity index (χ1n) is 8.34. The zero-order valence-corrected chi connectivity index (χ0v) is 15.7. The highest BCUT2D eigenvalue weighted by Crippen LogP contribution is 2.20. The summed E-state index contributed by atoms with van der Waals surface area (Å²) in [6, 6.07) is 9.15. The van der Waals surface area contributed by atoms with E-state index < -0.39 is 24.3 Å². The Morgan fingerprint density at radius 2 is 2.11 bits per heavy atom. The van der Waals surface area contributed by atoms with Crippen LogP contribution in [0.2, 0.25) is 5.02 Å². The van der Waals surface area contributed by atoms with Crippen LogP contribution in [0, 0.1) is 5.82 Å². The maximum atomic E-state index is 13.8. The van der Waals surface area contributed by atoms with Crippen LogP contribution in [0.3, 0.4) is 0 Å². The summed E-state index contributed by atoms with van der Waals surface area (Å²) in [5.74, 6) is -1.28. The van der Waals surface area contributed by atoms with Crippen molar-refractivity contribution in [2.24, 2.45) is 0 Å². The van der Waals surface area contributed by atoms with E-state index in [4.69, 9.17) is 20.8 Å². The van der Waals surface area contributed by atoms with Gasteiger partial charge in [0.05, 0.1) is 6.54 Å². The molecular formula is C19H17ClFN3O4. The van der Waals surface area contributed by atoms with Crippen molar-refractivity contribution in [3.63, 3.8) is 0 Å². The quantitative estimate of drug-likeness (QED) is 0.564. The Bertz CT molecular complexity index is 951. The molecule has 0 spiro atoms. The van der Waals surface area contributed by atoms with Crippen LogP contribution < -0.4 is 0 Å². The highest BCUT2D eigenvalue weighted by molar-refractivity contribution is 6.31. The molecule has 0 radical (unpaired) electrons. The van der Waals surface area contributed by atoms with Gasteiger partial charge in [0, 0.05) is 36.6 Å². The van der Waals surface area contributed by atoms with Crippen LogP contribution >= 0.6 is 11.6 Å². The fourth-order valence-electron chi connectivity index (χ4n) is 2.44. The normalized spacial score (nSPS) is 10.7. The highest BCUT2D eigenvalue weighted by atomic mass is 35.5. The Kier molecular flexibility index (Phi) is 6.10. The van der Waals surface area contributed by atoms with Crippen molar-refractivity contribution < 1.29 is 23.1 Å². The second-order valence-electron chi connectivity index (χ2n) is 6.00. The van der Waals surface area contributed by atoms with Gasteiger partial charge in [-0.05, 0) is 30.3 Å². The van der Waals surface area contributed by atoms with Gasteiger partial charge in [-0.25, -0.2) is 9.18 Å². The van der Waals surface area contributed by atoms with Gasteiger partial charge in [0.2, 0.25) is 5.76 Å². The smallest absolute Gasteiger partial charge is 0.374 e. The monoisotopic (exact) mass is 405 g/mol. The van der Waals surface area contributed by atoms with Gasteiger partial charge in [-0.2, -0.15) is 5.10 Å².